The maximum Gasteiger partial charge on any atom is 0.160 e. The SMILES string of the molecule is CC(=O)c1cccc2[nH]cc(-c3ccccc3)c12. The highest BCUT2D eigenvalue weighted by molar-refractivity contribution is 6.11. The molecular formula is C16H13NO. The van der Waals surface area contributed by atoms with Crippen molar-refractivity contribution in [3.8, 4) is 11.1 Å². The molecule has 88 valence electrons. The van der Waals surface area contributed by atoms with E-state index < -0.39 is 0 Å². The van der Waals surface area contributed by atoms with Crippen molar-refractivity contribution in [2.75, 3.05) is 0 Å². The van der Waals surface area contributed by atoms with Gasteiger partial charge in [0.05, 0.1) is 0 Å². The second-order valence-electron chi connectivity index (χ2n) is 4.35. The fourth-order valence-electron chi connectivity index (χ4n) is 2.32. The maximum atomic E-state index is 11.7. The number of Topliss-reactive ketones (excluding diaryl/α,β-unsaturated/α-hetero) is 1. The Kier molecular flexibility index (Phi) is 2.49. The first-order chi connectivity index (χ1) is 8.77. The molecule has 2 nitrogen and oxygen atoms in total. The van der Waals surface area contributed by atoms with Crippen molar-refractivity contribution >= 4 is 16.7 Å². The minimum atomic E-state index is 0.0948. The zero-order valence-electron chi connectivity index (χ0n) is 10.1. The summed E-state index contributed by atoms with van der Waals surface area (Å²) in [6.07, 6.45) is 1.96. The molecular weight excluding hydrogens is 222 g/mol. The van der Waals surface area contributed by atoms with E-state index >= 15 is 0 Å². The number of ketones is 1. The van der Waals surface area contributed by atoms with Gasteiger partial charge in [-0.3, -0.25) is 4.79 Å². The van der Waals surface area contributed by atoms with Gasteiger partial charge in [0.1, 0.15) is 0 Å². The largest absolute Gasteiger partial charge is 0.361 e. The second-order valence-corrected chi connectivity index (χ2v) is 4.35. The van der Waals surface area contributed by atoms with Gasteiger partial charge in [0.15, 0.2) is 5.78 Å². The first-order valence-electron chi connectivity index (χ1n) is 5.94. The fraction of sp³-hybridized carbons (Fsp3) is 0.0625. The smallest absolute Gasteiger partial charge is 0.160 e. The number of H-pyrrole nitrogens is 1. The number of hydrogen-bond donors (Lipinski definition) is 1. The maximum absolute atomic E-state index is 11.7. The Morgan fingerprint density at radius 2 is 1.78 bits per heavy atom. The Morgan fingerprint density at radius 1 is 1.00 bits per heavy atom. The third-order valence-electron chi connectivity index (χ3n) is 3.17. The minimum Gasteiger partial charge on any atom is -0.361 e. The van der Waals surface area contributed by atoms with Gasteiger partial charge < -0.3 is 4.98 Å². The zero-order valence-corrected chi connectivity index (χ0v) is 10.1. The van der Waals surface area contributed by atoms with Crippen molar-refractivity contribution in [1.82, 2.24) is 4.98 Å². The Bertz CT molecular complexity index is 710. The number of fused-ring (bicyclic) bond motifs is 1. The van der Waals surface area contributed by atoms with Crippen LogP contribution in [0.2, 0.25) is 0 Å². The van der Waals surface area contributed by atoms with Gasteiger partial charge in [-0.25, -0.2) is 0 Å². The van der Waals surface area contributed by atoms with E-state index in [4.69, 9.17) is 0 Å². The van der Waals surface area contributed by atoms with Crippen LogP contribution >= 0.6 is 0 Å². The molecule has 0 aliphatic carbocycles. The lowest BCUT2D eigenvalue weighted by molar-refractivity contribution is 0.101. The number of benzene rings is 2. The van der Waals surface area contributed by atoms with Crippen molar-refractivity contribution in [1.29, 1.82) is 0 Å². The molecule has 0 amide bonds. The summed E-state index contributed by atoms with van der Waals surface area (Å²) in [6, 6.07) is 15.9. The van der Waals surface area contributed by atoms with Gasteiger partial charge in [0.25, 0.3) is 0 Å². The highest BCUT2D eigenvalue weighted by Gasteiger charge is 2.12. The summed E-state index contributed by atoms with van der Waals surface area (Å²) in [5.74, 6) is 0.0948. The summed E-state index contributed by atoms with van der Waals surface area (Å²) in [5.41, 5.74) is 3.98. The van der Waals surface area contributed by atoms with E-state index in [1.165, 1.54) is 0 Å². The van der Waals surface area contributed by atoms with E-state index in [0.717, 1.165) is 27.6 Å². The molecule has 0 spiro atoms. The van der Waals surface area contributed by atoms with E-state index in [1.807, 2.05) is 42.6 Å². The Hall–Kier alpha value is -2.35. The Morgan fingerprint density at radius 3 is 2.50 bits per heavy atom. The van der Waals surface area contributed by atoms with E-state index in [2.05, 4.69) is 17.1 Å². The molecule has 2 aromatic carbocycles. The normalized spacial score (nSPS) is 10.7. The summed E-state index contributed by atoms with van der Waals surface area (Å²) < 4.78 is 0. The van der Waals surface area contributed by atoms with Crippen LogP contribution in [0.4, 0.5) is 0 Å². The molecule has 0 saturated carbocycles. The molecule has 1 heterocycles. The molecule has 0 fully saturated rings. The van der Waals surface area contributed by atoms with Gasteiger partial charge in [-0.15, -0.1) is 0 Å². The molecule has 3 aromatic rings. The molecule has 0 atom stereocenters. The van der Waals surface area contributed by atoms with Crippen molar-refractivity contribution in [3.05, 3.63) is 60.3 Å². The van der Waals surface area contributed by atoms with E-state index in [1.54, 1.807) is 6.92 Å². The number of nitrogens with one attached hydrogen (secondary N) is 1. The van der Waals surface area contributed by atoms with Crippen LogP contribution < -0.4 is 0 Å². The predicted octanol–water partition coefficient (Wildman–Crippen LogP) is 4.04. The molecule has 0 aliphatic heterocycles. The molecule has 0 unspecified atom stereocenters. The average Bonchev–Trinajstić information content (AvgIpc) is 2.83. The van der Waals surface area contributed by atoms with Crippen LogP contribution in [0.15, 0.2) is 54.7 Å². The molecule has 0 bridgehead atoms. The highest BCUT2D eigenvalue weighted by Crippen LogP contribution is 2.31. The van der Waals surface area contributed by atoms with Crippen LogP contribution in [0.3, 0.4) is 0 Å². The number of carbonyl (C=O) groups excluding carboxylic acids is 1. The first kappa shape index (κ1) is 10.8. The third-order valence-corrected chi connectivity index (χ3v) is 3.17. The molecule has 18 heavy (non-hydrogen) atoms. The molecule has 0 aliphatic rings. The summed E-state index contributed by atoms with van der Waals surface area (Å²) in [7, 11) is 0. The van der Waals surface area contributed by atoms with Crippen molar-refractivity contribution in [2.45, 2.75) is 6.92 Å². The van der Waals surface area contributed by atoms with Crippen LogP contribution in [-0.4, -0.2) is 10.8 Å². The van der Waals surface area contributed by atoms with Gasteiger partial charge in [0, 0.05) is 28.2 Å². The second kappa shape index (κ2) is 4.15. The number of rotatable bonds is 2. The molecule has 1 N–H and O–H groups in total. The third kappa shape index (κ3) is 1.63. The molecule has 0 saturated heterocycles. The summed E-state index contributed by atoms with van der Waals surface area (Å²) in [4.78, 5) is 15.0. The lowest BCUT2D eigenvalue weighted by Gasteiger charge is -2.03. The minimum absolute atomic E-state index is 0.0948. The monoisotopic (exact) mass is 235 g/mol. The predicted molar refractivity (Wildman–Crippen MR) is 73.7 cm³/mol. The van der Waals surface area contributed by atoms with Crippen molar-refractivity contribution in [2.24, 2.45) is 0 Å². The van der Waals surface area contributed by atoms with Gasteiger partial charge >= 0.3 is 0 Å². The number of aromatic amines is 1. The summed E-state index contributed by atoms with van der Waals surface area (Å²) in [5, 5.41) is 1.01. The quantitative estimate of drug-likeness (QED) is 0.668. The summed E-state index contributed by atoms with van der Waals surface area (Å²) >= 11 is 0. The topological polar surface area (TPSA) is 32.9 Å². The van der Waals surface area contributed by atoms with E-state index in [0.29, 0.717) is 0 Å². The Labute approximate surface area is 105 Å². The van der Waals surface area contributed by atoms with Crippen LogP contribution in [0.25, 0.3) is 22.0 Å². The van der Waals surface area contributed by atoms with Gasteiger partial charge in [-0.2, -0.15) is 0 Å². The van der Waals surface area contributed by atoms with Crippen LogP contribution in [0.1, 0.15) is 17.3 Å². The standard InChI is InChI=1S/C16H13NO/c1-11(18)13-8-5-9-15-16(13)14(10-17-15)12-6-3-2-4-7-12/h2-10,17H,1H3. The summed E-state index contributed by atoms with van der Waals surface area (Å²) in [6.45, 7) is 1.61. The number of carbonyl (C=O) groups is 1. The number of hydrogen-bond acceptors (Lipinski definition) is 1. The van der Waals surface area contributed by atoms with Crippen LogP contribution in [-0.2, 0) is 0 Å². The lowest BCUT2D eigenvalue weighted by atomic mass is 9.99. The van der Waals surface area contributed by atoms with Crippen molar-refractivity contribution < 1.29 is 4.79 Å². The molecule has 1 aromatic heterocycles. The van der Waals surface area contributed by atoms with Gasteiger partial charge in [-0.05, 0) is 18.6 Å². The van der Waals surface area contributed by atoms with Gasteiger partial charge in [0.2, 0.25) is 0 Å². The van der Waals surface area contributed by atoms with E-state index in [-0.39, 0.29) is 5.78 Å². The van der Waals surface area contributed by atoms with Crippen LogP contribution in [0, 0.1) is 0 Å². The number of aromatic nitrogens is 1. The van der Waals surface area contributed by atoms with Crippen LogP contribution in [0.5, 0.6) is 0 Å². The zero-order chi connectivity index (χ0) is 12.5. The lowest BCUT2D eigenvalue weighted by Crippen LogP contribution is -1.92. The average molecular weight is 235 g/mol. The fourth-order valence-corrected chi connectivity index (χ4v) is 2.32. The highest BCUT2D eigenvalue weighted by atomic mass is 16.1. The van der Waals surface area contributed by atoms with E-state index in [9.17, 15) is 4.79 Å². The van der Waals surface area contributed by atoms with Crippen molar-refractivity contribution in [3.63, 3.8) is 0 Å². The molecule has 2 heteroatoms. The molecule has 3 rings (SSSR count). The Balaban J connectivity index is 2.35. The first-order valence-corrected chi connectivity index (χ1v) is 5.94. The molecule has 0 radical (unpaired) electrons. The van der Waals surface area contributed by atoms with Gasteiger partial charge in [-0.1, -0.05) is 42.5 Å².